The van der Waals surface area contributed by atoms with Crippen molar-refractivity contribution in [3.05, 3.63) is 42.1 Å². The zero-order chi connectivity index (χ0) is 16.4. The van der Waals surface area contributed by atoms with E-state index in [1.165, 1.54) is 0 Å². The number of benzene rings is 1. The molecule has 1 aliphatic carbocycles. The number of carbonyl (C=O) groups excluding carboxylic acids is 1. The minimum atomic E-state index is -0.891. The fourth-order valence-electron chi connectivity index (χ4n) is 2.50. The molecular formula is C17H19N3O3. The number of nitrogens with one attached hydrogen (secondary N) is 1. The van der Waals surface area contributed by atoms with E-state index in [1.807, 2.05) is 30.3 Å². The van der Waals surface area contributed by atoms with Crippen molar-refractivity contribution in [2.75, 3.05) is 6.54 Å². The molecule has 1 heterocycles. The van der Waals surface area contributed by atoms with Crippen LogP contribution >= 0.6 is 0 Å². The zero-order valence-electron chi connectivity index (χ0n) is 12.9. The van der Waals surface area contributed by atoms with Crippen molar-refractivity contribution in [2.45, 2.75) is 25.8 Å². The maximum absolute atomic E-state index is 12.7. The Balaban J connectivity index is 1.78. The van der Waals surface area contributed by atoms with Gasteiger partial charge in [0.25, 0.3) is 5.91 Å². The van der Waals surface area contributed by atoms with E-state index in [0.29, 0.717) is 11.4 Å². The fourth-order valence-corrected chi connectivity index (χ4v) is 2.50. The first-order valence-corrected chi connectivity index (χ1v) is 7.71. The van der Waals surface area contributed by atoms with E-state index in [4.69, 9.17) is 5.11 Å². The summed E-state index contributed by atoms with van der Waals surface area (Å²) in [5.41, 5.74) is 2.03. The Hall–Kier alpha value is -2.63. The van der Waals surface area contributed by atoms with Crippen LogP contribution in [0.4, 0.5) is 0 Å². The van der Waals surface area contributed by atoms with Crippen LogP contribution in [0.15, 0.2) is 36.4 Å². The lowest BCUT2D eigenvalue weighted by molar-refractivity contribution is -0.141. The normalized spacial score (nSPS) is 15.2. The Bertz CT molecular complexity index is 707. The molecule has 1 amide bonds. The average Bonchev–Trinajstić information content (AvgIpc) is 3.28. The Morgan fingerprint density at radius 1 is 1.35 bits per heavy atom. The smallest absolute Gasteiger partial charge is 0.308 e. The zero-order valence-corrected chi connectivity index (χ0v) is 12.9. The van der Waals surface area contributed by atoms with Gasteiger partial charge in [-0.1, -0.05) is 37.3 Å². The number of rotatable bonds is 6. The molecule has 1 unspecified atom stereocenters. The Kier molecular flexibility index (Phi) is 4.14. The van der Waals surface area contributed by atoms with Crippen LogP contribution in [-0.4, -0.2) is 44.7 Å². The summed E-state index contributed by atoms with van der Waals surface area (Å²) in [6.45, 7) is 1.84. The van der Waals surface area contributed by atoms with Gasteiger partial charge in [-0.3, -0.25) is 14.7 Å². The average molecular weight is 313 g/mol. The van der Waals surface area contributed by atoms with E-state index in [0.717, 1.165) is 18.4 Å². The SMILES string of the molecule is CC(CN(C(=O)c1cc(-c2ccccc2)n[nH]1)C1CC1)C(=O)O. The first-order chi connectivity index (χ1) is 11.1. The van der Waals surface area contributed by atoms with Crippen LogP contribution in [0.25, 0.3) is 11.3 Å². The van der Waals surface area contributed by atoms with Crippen LogP contribution in [0, 0.1) is 5.92 Å². The number of hydrogen-bond donors (Lipinski definition) is 2. The van der Waals surface area contributed by atoms with Crippen molar-refractivity contribution >= 4 is 11.9 Å². The number of aromatic amines is 1. The van der Waals surface area contributed by atoms with Gasteiger partial charge in [-0.2, -0.15) is 5.10 Å². The Morgan fingerprint density at radius 2 is 2.04 bits per heavy atom. The van der Waals surface area contributed by atoms with Crippen molar-refractivity contribution in [3.63, 3.8) is 0 Å². The molecule has 23 heavy (non-hydrogen) atoms. The molecule has 1 aromatic carbocycles. The number of nitrogens with zero attached hydrogens (tertiary/aromatic N) is 2. The molecule has 120 valence electrons. The van der Waals surface area contributed by atoms with Crippen LogP contribution in [0.3, 0.4) is 0 Å². The molecule has 2 N–H and O–H groups in total. The van der Waals surface area contributed by atoms with Crippen LogP contribution in [-0.2, 0) is 4.79 Å². The van der Waals surface area contributed by atoms with E-state index >= 15 is 0 Å². The summed E-state index contributed by atoms with van der Waals surface area (Å²) in [5, 5.41) is 16.1. The summed E-state index contributed by atoms with van der Waals surface area (Å²) < 4.78 is 0. The van der Waals surface area contributed by atoms with E-state index in [1.54, 1.807) is 17.9 Å². The molecule has 0 spiro atoms. The van der Waals surface area contributed by atoms with Gasteiger partial charge >= 0.3 is 5.97 Å². The monoisotopic (exact) mass is 313 g/mol. The van der Waals surface area contributed by atoms with Gasteiger partial charge in [0.2, 0.25) is 0 Å². The number of carboxylic acid groups (broad SMARTS) is 1. The van der Waals surface area contributed by atoms with Crippen molar-refractivity contribution < 1.29 is 14.7 Å². The molecule has 6 heteroatoms. The Labute approximate surface area is 134 Å². The summed E-state index contributed by atoms with van der Waals surface area (Å²) in [6.07, 6.45) is 1.86. The predicted octanol–water partition coefficient (Wildman–Crippen LogP) is 2.40. The van der Waals surface area contributed by atoms with Gasteiger partial charge in [0, 0.05) is 18.2 Å². The summed E-state index contributed by atoms with van der Waals surface area (Å²) in [5.74, 6) is -1.66. The summed E-state index contributed by atoms with van der Waals surface area (Å²) in [7, 11) is 0. The molecule has 3 rings (SSSR count). The van der Waals surface area contributed by atoms with E-state index in [9.17, 15) is 9.59 Å². The van der Waals surface area contributed by atoms with Gasteiger partial charge in [-0.25, -0.2) is 0 Å². The van der Waals surface area contributed by atoms with Crippen LogP contribution < -0.4 is 0 Å². The summed E-state index contributed by atoms with van der Waals surface area (Å²) >= 11 is 0. The molecule has 0 aliphatic heterocycles. The quantitative estimate of drug-likeness (QED) is 0.857. The molecule has 0 saturated heterocycles. The summed E-state index contributed by atoms with van der Waals surface area (Å²) in [6, 6.07) is 11.5. The van der Waals surface area contributed by atoms with Gasteiger partial charge in [0.1, 0.15) is 5.69 Å². The lowest BCUT2D eigenvalue weighted by atomic mass is 10.1. The highest BCUT2D eigenvalue weighted by Crippen LogP contribution is 2.29. The fraction of sp³-hybridized carbons (Fsp3) is 0.353. The van der Waals surface area contributed by atoms with Crippen LogP contribution in [0.2, 0.25) is 0 Å². The van der Waals surface area contributed by atoms with Gasteiger partial charge in [-0.05, 0) is 18.9 Å². The molecule has 1 aromatic heterocycles. The minimum Gasteiger partial charge on any atom is -0.481 e. The van der Waals surface area contributed by atoms with E-state index in [2.05, 4.69) is 10.2 Å². The van der Waals surface area contributed by atoms with Gasteiger partial charge in [-0.15, -0.1) is 0 Å². The van der Waals surface area contributed by atoms with Crippen molar-refractivity contribution in [1.29, 1.82) is 0 Å². The highest BCUT2D eigenvalue weighted by molar-refractivity contribution is 5.94. The second-order valence-electron chi connectivity index (χ2n) is 5.96. The van der Waals surface area contributed by atoms with Crippen LogP contribution in [0.1, 0.15) is 30.3 Å². The highest BCUT2D eigenvalue weighted by Gasteiger charge is 2.35. The third kappa shape index (κ3) is 3.41. The predicted molar refractivity (Wildman–Crippen MR) is 84.9 cm³/mol. The second-order valence-corrected chi connectivity index (χ2v) is 5.96. The van der Waals surface area contributed by atoms with Gasteiger partial charge in [0.15, 0.2) is 0 Å². The second kappa shape index (κ2) is 6.24. The first kappa shape index (κ1) is 15.3. The number of hydrogen-bond acceptors (Lipinski definition) is 3. The largest absolute Gasteiger partial charge is 0.481 e. The van der Waals surface area contributed by atoms with Crippen LogP contribution in [0.5, 0.6) is 0 Å². The molecule has 0 bridgehead atoms. The highest BCUT2D eigenvalue weighted by atomic mass is 16.4. The molecular weight excluding hydrogens is 294 g/mol. The molecule has 1 aliphatic rings. The number of aromatic nitrogens is 2. The number of aliphatic carboxylic acids is 1. The Morgan fingerprint density at radius 3 is 2.65 bits per heavy atom. The lowest BCUT2D eigenvalue weighted by Gasteiger charge is -2.23. The van der Waals surface area contributed by atoms with Crippen molar-refractivity contribution in [1.82, 2.24) is 15.1 Å². The number of carboxylic acids is 1. The number of H-pyrrole nitrogens is 1. The van der Waals surface area contributed by atoms with E-state index in [-0.39, 0.29) is 18.5 Å². The molecule has 1 atom stereocenters. The minimum absolute atomic E-state index is 0.146. The standard InChI is InChI=1S/C17H19N3O3/c1-11(17(22)23)10-20(13-7-8-13)16(21)15-9-14(18-19-15)12-5-3-2-4-6-12/h2-6,9,11,13H,7-8,10H2,1H3,(H,18,19)(H,22,23). The molecule has 1 fully saturated rings. The van der Waals surface area contributed by atoms with Gasteiger partial charge < -0.3 is 10.0 Å². The third-order valence-electron chi connectivity index (χ3n) is 4.02. The van der Waals surface area contributed by atoms with Crippen molar-refractivity contribution in [2.24, 2.45) is 5.92 Å². The lowest BCUT2D eigenvalue weighted by Crippen LogP contribution is -2.38. The number of amides is 1. The molecule has 6 nitrogen and oxygen atoms in total. The third-order valence-corrected chi connectivity index (χ3v) is 4.02. The maximum atomic E-state index is 12.7. The number of carbonyl (C=O) groups is 2. The van der Waals surface area contributed by atoms with Crippen molar-refractivity contribution in [3.8, 4) is 11.3 Å². The molecule has 2 aromatic rings. The summed E-state index contributed by atoms with van der Waals surface area (Å²) in [4.78, 5) is 25.4. The van der Waals surface area contributed by atoms with Gasteiger partial charge in [0.05, 0.1) is 11.6 Å². The molecule has 0 radical (unpaired) electrons. The van der Waals surface area contributed by atoms with E-state index < -0.39 is 11.9 Å². The maximum Gasteiger partial charge on any atom is 0.308 e. The topological polar surface area (TPSA) is 86.3 Å². The first-order valence-electron chi connectivity index (χ1n) is 7.71. The molecule has 1 saturated carbocycles.